The Hall–Kier alpha value is -3.38. The number of nitrogens with two attached hydrogens (primary N) is 1. The summed E-state index contributed by atoms with van der Waals surface area (Å²) < 4.78 is 11.8. The third-order valence-electron chi connectivity index (χ3n) is 4.51. The van der Waals surface area contributed by atoms with Gasteiger partial charge in [0.05, 0.1) is 30.4 Å². The first-order valence-corrected chi connectivity index (χ1v) is 11.0. The quantitative estimate of drug-likeness (QED) is 0.374. The molecule has 0 aliphatic carbocycles. The Morgan fingerprint density at radius 2 is 2.00 bits per heavy atom. The SMILES string of the molecule is COC(=O)c1c(NC(=O)CSc2nnc(-c3cccc(OC)c3)n2C)sc(C(N)=O)c1C. The molecule has 12 heteroatoms. The minimum Gasteiger partial charge on any atom is -0.497 e. The van der Waals surface area contributed by atoms with Crippen molar-refractivity contribution in [2.45, 2.75) is 12.1 Å². The maximum Gasteiger partial charge on any atom is 0.341 e. The third-order valence-corrected chi connectivity index (χ3v) is 6.75. The molecule has 3 rings (SSSR count). The highest BCUT2D eigenvalue weighted by atomic mass is 32.2. The number of hydrogen-bond acceptors (Lipinski definition) is 9. The average Bonchev–Trinajstić information content (AvgIpc) is 3.31. The van der Waals surface area contributed by atoms with Gasteiger partial charge in [0.15, 0.2) is 11.0 Å². The Labute approximate surface area is 192 Å². The lowest BCUT2D eigenvalue weighted by Gasteiger charge is -2.07. The molecule has 0 saturated carbocycles. The fourth-order valence-electron chi connectivity index (χ4n) is 2.93. The Bertz CT molecular complexity index is 1190. The molecule has 168 valence electrons. The van der Waals surface area contributed by atoms with E-state index in [2.05, 4.69) is 15.5 Å². The number of primary amides is 1. The number of nitrogens with one attached hydrogen (secondary N) is 1. The van der Waals surface area contributed by atoms with Crippen LogP contribution in [0.15, 0.2) is 29.4 Å². The van der Waals surface area contributed by atoms with Gasteiger partial charge in [0, 0.05) is 12.6 Å². The molecule has 0 atom stereocenters. The fraction of sp³-hybridized carbons (Fsp3) is 0.250. The second kappa shape index (κ2) is 9.83. The van der Waals surface area contributed by atoms with Crippen LogP contribution in [0.25, 0.3) is 11.4 Å². The van der Waals surface area contributed by atoms with Gasteiger partial charge in [-0.2, -0.15) is 0 Å². The smallest absolute Gasteiger partial charge is 0.341 e. The number of thioether (sulfide) groups is 1. The van der Waals surface area contributed by atoms with E-state index in [0.717, 1.165) is 16.9 Å². The molecule has 0 fully saturated rings. The highest BCUT2D eigenvalue weighted by Crippen LogP contribution is 2.34. The number of aromatic nitrogens is 3. The van der Waals surface area contributed by atoms with Crippen molar-refractivity contribution in [1.29, 1.82) is 0 Å². The van der Waals surface area contributed by atoms with Crippen molar-refractivity contribution in [2.24, 2.45) is 12.8 Å². The minimum atomic E-state index is -0.684. The second-order valence-electron chi connectivity index (χ2n) is 6.55. The Kier molecular flexibility index (Phi) is 7.15. The van der Waals surface area contributed by atoms with Crippen LogP contribution in [-0.2, 0) is 16.6 Å². The molecule has 0 aliphatic rings. The number of nitrogens with zero attached hydrogens (tertiary/aromatic N) is 3. The van der Waals surface area contributed by atoms with Crippen molar-refractivity contribution >= 4 is 45.9 Å². The maximum absolute atomic E-state index is 12.5. The van der Waals surface area contributed by atoms with Crippen molar-refractivity contribution in [3.05, 3.63) is 40.3 Å². The molecule has 0 bridgehead atoms. The number of esters is 1. The molecule has 1 aromatic carbocycles. The fourth-order valence-corrected chi connectivity index (χ4v) is 4.71. The van der Waals surface area contributed by atoms with E-state index in [1.54, 1.807) is 25.6 Å². The summed E-state index contributed by atoms with van der Waals surface area (Å²) >= 11 is 2.11. The lowest BCUT2D eigenvalue weighted by atomic mass is 10.1. The van der Waals surface area contributed by atoms with E-state index in [4.69, 9.17) is 15.2 Å². The molecule has 2 heterocycles. The van der Waals surface area contributed by atoms with Crippen LogP contribution in [0.2, 0.25) is 0 Å². The standard InChI is InChI=1S/C20H21N5O5S2/c1-10-14(19(28)30-4)18(32-15(10)16(21)27)22-13(26)9-31-20-24-23-17(25(20)2)11-6-5-7-12(8-11)29-3/h5-8H,9H2,1-4H3,(H2,21,27)(H,22,26). The van der Waals surface area contributed by atoms with Crippen molar-refractivity contribution in [3.8, 4) is 17.1 Å². The largest absolute Gasteiger partial charge is 0.497 e. The number of carbonyl (C=O) groups excluding carboxylic acids is 3. The van der Waals surface area contributed by atoms with Crippen LogP contribution < -0.4 is 15.8 Å². The molecule has 3 N–H and O–H groups in total. The van der Waals surface area contributed by atoms with E-state index in [1.165, 1.54) is 18.9 Å². The predicted molar refractivity (Wildman–Crippen MR) is 121 cm³/mol. The molecule has 2 aromatic heterocycles. The van der Waals surface area contributed by atoms with Gasteiger partial charge in [0.1, 0.15) is 10.8 Å². The number of hydrogen-bond donors (Lipinski definition) is 2. The Balaban J connectivity index is 1.74. The van der Waals surface area contributed by atoms with Crippen LogP contribution >= 0.6 is 23.1 Å². The zero-order chi connectivity index (χ0) is 23.4. The summed E-state index contributed by atoms with van der Waals surface area (Å²) in [6.45, 7) is 1.58. The van der Waals surface area contributed by atoms with Gasteiger partial charge < -0.3 is 25.1 Å². The summed E-state index contributed by atoms with van der Waals surface area (Å²) in [5.41, 5.74) is 6.67. The molecular weight excluding hydrogens is 454 g/mol. The number of benzene rings is 1. The van der Waals surface area contributed by atoms with Gasteiger partial charge >= 0.3 is 5.97 Å². The summed E-state index contributed by atoms with van der Waals surface area (Å²) in [7, 11) is 4.60. The first-order valence-electron chi connectivity index (χ1n) is 9.24. The predicted octanol–water partition coefficient (Wildman–Crippen LogP) is 2.48. The number of rotatable bonds is 8. The normalized spacial score (nSPS) is 10.6. The molecule has 2 amide bonds. The zero-order valence-electron chi connectivity index (χ0n) is 17.8. The number of methoxy groups -OCH3 is 2. The number of amides is 2. The third kappa shape index (κ3) is 4.75. The zero-order valence-corrected chi connectivity index (χ0v) is 19.4. The summed E-state index contributed by atoms with van der Waals surface area (Å²) in [6.07, 6.45) is 0. The van der Waals surface area contributed by atoms with Crippen LogP contribution in [0.1, 0.15) is 25.6 Å². The van der Waals surface area contributed by atoms with E-state index in [9.17, 15) is 14.4 Å². The van der Waals surface area contributed by atoms with Crippen LogP contribution in [-0.4, -0.2) is 52.5 Å². The Morgan fingerprint density at radius 1 is 1.25 bits per heavy atom. The minimum absolute atomic E-state index is 0.00749. The Morgan fingerprint density at radius 3 is 2.66 bits per heavy atom. The molecule has 0 aliphatic heterocycles. The van der Waals surface area contributed by atoms with Crippen molar-refractivity contribution in [3.63, 3.8) is 0 Å². The first kappa shape index (κ1) is 23.3. The molecule has 0 spiro atoms. The summed E-state index contributed by atoms with van der Waals surface area (Å²) in [5, 5.41) is 11.8. The highest BCUT2D eigenvalue weighted by Gasteiger charge is 2.25. The molecule has 0 saturated heterocycles. The van der Waals surface area contributed by atoms with Gasteiger partial charge in [-0.3, -0.25) is 9.59 Å². The molecule has 0 radical (unpaired) electrons. The number of anilines is 1. The second-order valence-corrected chi connectivity index (χ2v) is 8.51. The summed E-state index contributed by atoms with van der Waals surface area (Å²) in [6, 6.07) is 7.41. The summed E-state index contributed by atoms with van der Waals surface area (Å²) in [5.74, 6) is -0.402. The molecule has 0 unspecified atom stereocenters. The summed E-state index contributed by atoms with van der Waals surface area (Å²) in [4.78, 5) is 36.5. The van der Waals surface area contributed by atoms with E-state index < -0.39 is 11.9 Å². The van der Waals surface area contributed by atoms with Gasteiger partial charge in [-0.05, 0) is 24.6 Å². The molecule has 10 nitrogen and oxygen atoms in total. The lowest BCUT2D eigenvalue weighted by molar-refractivity contribution is -0.113. The highest BCUT2D eigenvalue weighted by molar-refractivity contribution is 7.99. The van der Waals surface area contributed by atoms with Crippen LogP contribution in [0.4, 0.5) is 5.00 Å². The van der Waals surface area contributed by atoms with E-state index in [1.807, 2.05) is 24.3 Å². The molecule has 32 heavy (non-hydrogen) atoms. The topological polar surface area (TPSA) is 138 Å². The van der Waals surface area contributed by atoms with E-state index in [0.29, 0.717) is 22.3 Å². The van der Waals surface area contributed by atoms with Crippen molar-refractivity contribution < 1.29 is 23.9 Å². The monoisotopic (exact) mass is 475 g/mol. The van der Waals surface area contributed by atoms with E-state index in [-0.39, 0.29) is 27.1 Å². The van der Waals surface area contributed by atoms with Crippen LogP contribution in [0.5, 0.6) is 5.75 Å². The van der Waals surface area contributed by atoms with E-state index >= 15 is 0 Å². The molecular formula is C20H21N5O5S2. The van der Waals surface area contributed by atoms with Gasteiger partial charge in [0.2, 0.25) is 5.91 Å². The van der Waals surface area contributed by atoms with Crippen molar-refractivity contribution in [2.75, 3.05) is 25.3 Å². The van der Waals surface area contributed by atoms with Gasteiger partial charge in [-0.15, -0.1) is 21.5 Å². The first-order chi connectivity index (χ1) is 15.3. The van der Waals surface area contributed by atoms with Crippen molar-refractivity contribution in [1.82, 2.24) is 14.8 Å². The van der Waals surface area contributed by atoms with Gasteiger partial charge in [-0.1, -0.05) is 23.9 Å². The van der Waals surface area contributed by atoms with Gasteiger partial charge in [-0.25, -0.2) is 4.79 Å². The number of thiophene rings is 1. The van der Waals surface area contributed by atoms with Gasteiger partial charge in [0.25, 0.3) is 5.91 Å². The van der Waals surface area contributed by atoms with Crippen LogP contribution in [0, 0.1) is 6.92 Å². The number of carbonyl (C=O) groups is 3. The maximum atomic E-state index is 12.5. The molecule has 3 aromatic rings. The lowest BCUT2D eigenvalue weighted by Crippen LogP contribution is -2.16. The van der Waals surface area contributed by atoms with Crippen LogP contribution in [0.3, 0.4) is 0 Å². The number of ether oxygens (including phenoxy) is 2. The average molecular weight is 476 g/mol.